The molecule has 5 heteroatoms. The number of hydrogen-bond acceptors (Lipinski definition) is 4. The van der Waals surface area contributed by atoms with Crippen molar-refractivity contribution in [2.45, 2.75) is 13.0 Å². The van der Waals surface area contributed by atoms with E-state index in [-0.39, 0.29) is 0 Å². The normalized spacial score (nSPS) is 10.8. The highest BCUT2D eigenvalue weighted by Crippen LogP contribution is 2.17. The third-order valence-corrected chi connectivity index (χ3v) is 3.78. The first-order valence-electron chi connectivity index (χ1n) is 6.08. The van der Waals surface area contributed by atoms with Gasteiger partial charge in [-0.3, -0.25) is 5.10 Å². The Balaban J connectivity index is 1.80. The fourth-order valence-corrected chi connectivity index (χ4v) is 2.58. The Bertz CT molecular complexity index is 640. The minimum Gasteiger partial charge on any atom is -0.326 e. The summed E-state index contributed by atoms with van der Waals surface area (Å²) >= 11 is 1.73. The van der Waals surface area contributed by atoms with E-state index in [1.165, 1.54) is 4.88 Å². The molecule has 0 aliphatic carbocycles. The van der Waals surface area contributed by atoms with Crippen LogP contribution in [0.2, 0.25) is 0 Å². The van der Waals surface area contributed by atoms with E-state index >= 15 is 0 Å². The first-order chi connectivity index (χ1) is 9.35. The van der Waals surface area contributed by atoms with Gasteiger partial charge in [0.15, 0.2) is 5.82 Å². The summed E-state index contributed by atoms with van der Waals surface area (Å²) in [4.78, 5) is 5.80. The fourth-order valence-electron chi connectivity index (χ4n) is 1.87. The highest BCUT2D eigenvalue weighted by atomic mass is 32.1. The van der Waals surface area contributed by atoms with E-state index in [9.17, 15) is 0 Å². The Labute approximate surface area is 115 Å². The number of nitrogens with two attached hydrogens (primary N) is 1. The second-order valence-electron chi connectivity index (χ2n) is 4.26. The third kappa shape index (κ3) is 2.72. The minimum absolute atomic E-state index is 0.553. The largest absolute Gasteiger partial charge is 0.326 e. The molecule has 0 unspecified atom stereocenters. The van der Waals surface area contributed by atoms with Gasteiger partial charge in [-0.1, -0.05) is 30.3 Å². The molecule has 0 spiro atoms. The summed E-state index contributed by atoms with van der Waals surface area (Å²) in [6.45, 7) is 0.553. The van der Waals surface area contributed by atoms with Crippen LogP contribution in [0.4, 0.5) is 0 Å². The molecule has 3 N–H and O–H groups in total. The smallest absolute Gasteiger partial charge is 0.181 e. The molecular formula is C14H14N4S. The number of rotatable bonds is 4. The summed E-state index contributed by atoms with van der Waals surface area (Å²) in [5, 5.41) is 9.32. The number of H-pyrrole nitrogens is 1. The van der Waals surface area contributed by atoms with Crippen LogP contribution in [-0.4, -0.2) is 15.2 Å². The van der Waals surface area contributed by atoms with E-state index in [0.717, 1.165) is 29.2 Å². The Kier molecular flexibility index (Phi) is 3.39. The Hall–Kier alpha value is -1.98. The molecule has 0 atom stereocenters. The Morgan fingerprint density at radius 3 is 2.68 bits per heavy atom. The summed E-state index contributed by atoms with van der Waals surface area (Å²) in [6, 6.07) is 12.2. The number of nitrogens with zero attached hydrogens (tertiary/aromatic N) is 2. The summed E-state index contributed by atoms with van der Waals surface area (Å²) in [5.41, 5.74) is 7.70. The third-order valence-electron chi connectivity index (χ3n) is 2.90. The van der Waals surface area contributed by atoms with Crippen molar-refractivity contribution < 1.29 is 0 Å². The van der Waals surface area contributed by atoms with Gasteiger partial charge in [-0.25, -0.2) is 4.98 Å². The van der Waals surface area contributed by atoms with Crippen LogP contribution in [-0.2, 0) is 13.0 Å². The van der Waals surface area contributed by atoms with E-state index in [1.54, 1.807) is 11.3 Å². The van der Waals surface area contributed by atoms with Crippen LogP contribution < -0.4 is 5.73 Å². The average molecular weight is 270 g/mol. The fraction of sp³-hybridized carbons (Fsp3) is 0.143. The van der Waals surface area contributed by atoms with Crippen LogP contribution in [0.25, 0.3) is 11.4 Å². The number of nitrogens with one attached hydrogen (secondary N) is 1. The van der Waals surface area contributed by atoms with Crippen molar-refractivity contribution in [1.29, 1.82) is 0 Å². The Morgan fingerprint density at radius 2 is 2.00 bits per heavy atom. The minimum atomic E-state index is 0.553. The molecular weight excluding hydrogens is 256 g/mol. The van der Waals surface area contributed by atoms with Crippen molar-refractivity contribution in [3.63, 3.8) is 0 Å². The van der Waals surface area contributed by atoms with E-state index in [4.69, 9.17) is 5.73 Å². The average Bonchev–Trinajstić information content (AvgIpc) is 3.11. The number of benzene rings is 1. The van der Waals surface area contributed by atoms with Gasteiger partial charge in [-0.15, -0.1) is 11.3 Å². The van der Waals surface area contributed by atoms with Crippen LogP contribution in [0.1, 0.15) is 16.3 Å². The summed E-state index contributed by atoms with van der Waals surface area (Å²) in [7, 11) is 0. The molecule has 0 radical (unpaired) electrons. The predicted octanol–water partition coefficient (Wildman–Crippen LogP) is 2.58. The summed E-state index contributed by atoms with van der Waals surface area (Å²) < 4.78 is 0. The van der Waals surface area contributed by atoms with Gasteiger partial charge in [0, 0.05) is 23.4 Å². The first kappa shape index (κ1) is 12.1. The standard InChI is InChI=1S/C14H14N4S/c15-9-10-3-5-11(6-4-10)14-16-13(17-18-14)8-12-2-1-7-19-12/h1-7H,8-9,15H2,(H,16,17,18). The van der Waals surface area contributed by atoms with Crippen LogP contribution in [0.3, 0.4) is 0 Å². The number of aromatic nitrogens is 3. The van der Waals surface area contributed by atoms with Crippen molar-refractivity contribution in [2.75, 3.05) is 0 Å². The first-order valence-corrected chi connectivity index (χ1v) is 6.96. The van der Waals surface area contributed by atoms with Gasteiger partial charge < -0.3 is 5.73 Å². The maximum absolute atomic E-state index is 5.58. The molecule has 2 heterocycles. The molecule has 0 aliphatic heterocycles. The molecule has 0 amide bonds. The van der Waals surface area contributed by atoms with Crippen molar-refractivity contribution in [3.8, 4) is 11.4 Å². The van der Waals surface area contributed by atoms with Gasteiger partial charge >= 0.3 is 0 Å². The van der Waals surface area contributed by atoms with E-state index in [1.807, 2.05) is 30.3 Å². The lowest BCUT2D eigenvalue weighted by molar-refractivity contribution is 0.984. The number of hydrogen-bond donors (Lipinski definition) is 2. The van der Waals surface area contributed by atoms with E-state index < -0.39 is 0 Å². The lowest BCUT2D eigenvalue weighted by Crippen LogP contribution is -1.95. The van der Waals surface area contributed by atoms with Gasteiger partial charge in [0.05, 0.1) is 0 Å². The number of thiophene rings is 1. The highest BCUT2D eigenvalue weighted by molar-refractivity contribution is 7.09. The van der Waals surface area contributed by atoms with Gasteiger partial charge in [0.25, 0.3) is 0 Å². The zero-order chi connectivity index (χ0) is 13.1. The highest BCUT2D eigenvalue weighted by Gasteiger charge is 2.06. The van der Waals surface area contributed by atoms with Crippen LogP contribution in [0.5, 0.6) is 0 Å². The molecule has 0 saturated carbocycles. The number of aromatic amines is 1. The van der Waals surface area contributed by atoms with E-state index in [0.29, 0.717) is 6.54 Å². The molecule has 3 rings (SSSR count). The van der Waals surface area contributed by atoms with Gasteiger partial charge in [0.1, 0.15) is 5.82 Å². The lowest BCUT2D eigenvalue weighted by Gasteiger charge is -1.97. The van der Waals surface area contributed by atoms with Crippen LogP contribution in [0, 0.1) is 0 Å². The maximum atomic E-state index is 5.58. The molecule has 2 aromatic heterocycles. The van der Waals surface area contributed by atoms with E-state index in [2.05, 4.69) is 26.6 Å². The molecule has 96 valence electrons. The molecule has 4 nitrogen and oxygen atoms in total. The van der Waals surface area contributed by atoms with Crippen molar-refractivity contribution in [2.24, 2.45) is 5.73 Å². The molecule has 3 aromatic rings. The predicted molar refractivity (Wildman–Crippen MR) is 76.8 cm³/mol. The van der Waals surface area contributed by atoms with Crippen molar-refractivity contribution in [3.05, 3.63) is 58.0 Å². The lowest BCUT2D eigenvalue weighted by atomic mass is 10.1. The molecule has 0 bridgehead atoms. The van der Waals surface area contributed by atoms with Crippen molar-refractivity contribution >= 4 is 11.3 Å². The van der Waals surface area contributed by atoms with Crippen LogP contribution in [0.15, 0.2) is 41.8 Å². The van der Waals surface area contributed by atoms with Crippen molar-refractivity contribution in [1.82, 2.24) is 15.2 Å². The van der Waals surface area contributed by atoms with Crippen LogP contribution >= 0.6 is 11.3 Å². The van der Waals surface area contributed by atoms with Gasteiger partial charge in [0.2, 0.25) is 0 Å². The Morgan fingerprint density at radius 1 is 1.16 bits per heavy atom. The molecule has 0 fully saturated rings. The zero-order valence-electron chi connectivity index (χ0n) is 10.3. The SMILES string of the molecule is NCc1ccc(-c2n[nH]c(Cc3cccs3)n2)cc1. The topological polar surface area (TPSA) is 67.6 Å². The summed E-state index contributed by atoms with van der Waals surface area (Å²) in [5.74, 6) is 1.62. The molecule has 1 aromatic carbocycles. The summed E-state index contributed by atoms with van der Waals surface area (Å²) in [6.07, 6.45) is 0.797. The monoisotopic (exact) mass is 270 g/mol. The quantitative estimate of drug-likeness (QED) is 0.765. The maximum Gasteiger partial charge on any atom is 0.181 e. The zero-order valence-corrected chi connectivity index (χ0v) is 11.2. The molecule has 0 aliphatic rings. The second kappa shape index (κ2) is 5.34. The molecule has 19 heavy (non-hydrogen) atoms. The van der Waals surface area contributed by atoms with Gasteiger partial charge in [-0.2, -0.15) is 5.10 Å². The second-order valence-corrected chi connectivity index (χ2v) is 5.30. The molecule has 0 saturated heterocycles. The van der Waals surface area contributed by atoms with Gasteiger partial charge in [-0.05, 0) is 17.0 Å².